The van der Waals surface area contributed by atoms with Crippen molar-refractivity contribution in [3.63, 3.8) is 0 Å². The molecule has 0 unspecified atom stereocenters. The second-order valence-electron chi connectivity index (χ2n) is 7.26. The molecule has 0 saturated carbocycles. The van der Waals surface area contributed by atoms with Crippen LogP contribution in [0.25, 0.3) is 0 Å². The molecule has 3 heterocycles. The van der Waals surface area contributed by atoms with E-state index >= 15 is 0 Å². The molecule has 0 aliphatic carbocycles. The molecule has 1 aromatic carbocycles. The van der Waals surface area contributed by atoms with E-state index in [0.717, 1.165) is 65.3 Å². The largest absolute Gasteiger partial charge is 0.379 e. The second-order valence-corrected chi connectivity index (χ2v) is 7.26. The van der Waals surface area contributed by atoms with Gasteiger partial charge < -0.3 is 15.0 Å². The molecule has 1 N–H and O–H groups in total. The Morgan fingerprint density at radius 2 is 1.96 bits per heavy atom. The minimum absolute atomic E-state index is 0.0537. The third kappa shape index (κ3) is 3.48. The maximum Gasteiger partial charge on any atom is 0.240 e. The van der Waals surface area contributed by atoms with Gasteiger partial charge in [0, 0.05) is 39.3 Å². The Balaban J connectivity index is 1.31. The second kappa shape index (κ2) is 7.21. The molecule has 4 rings (SSSR count). The van der Waals surface area contributed by atoms with Gasteiger partial charge in [-0.05, 0) is 29.9 Å². The minimum atomic E-state index is -0.0537. The average Bonchev–Trinajstić information content (AvgIpc) is 3.10. The van der Waals surface area contributed by atoms with Crippen LogP contribution in [0, 0.1) is 5.92 Å². The molecular formula is C19H27N3O2. The molecule has 130 valence electrons. The van der Waals surface area contributed by atoms with Gasteiger partial charge in [-0.1, -0.05) is 24.3 Å². The quantitative estimate of drug-likeness (QED) is 0.894. The summed E-state index contributed by atoms with van der Waals surface area (Å²) in [6.45, 7) is 7.49. The molecule has 2 atom stereocenters. The number of hydrogen-bond acceptors (Lipinski definition) is 4. The number of fused-ring (bicyclic) bond motifs is 1. The third-order valence-corrected chi connectivity index (χ3v) is 5.60. The van der Waals surface area contributed by atoms with E-state index in [1.54, 1.807) is 0 Å². The van der Waals surface area contributed by atoms with Crippen LogP contribution < -0.4 is 5.32 Å². The van der Waals surface area contributed by atoms with Crippen LogP contribution in [0.2, 0.25) is 0 Å². The van der Waals surface area contributed by atoms with E-state index in [-0.39, 0.29) is 11.9 Å². The minimum Gasteiger partial charge on any atom is -0.379 e. The highest BCUT2D eigenvalue weighted by molar-refractivity contribution is 5.82. The van der Waals surface area contributed by atoms with E-state index in [0.29, 0.717) is 5.92 Å². The first-order valence-corrected chi connectivity index (χ1v) is 9.18. The van der Waals surface area contributed by atoms with Crippen molar-refractivity contribution in [2.45, 2.75) is 25.4 Å². The Kier molecular flexibility index (Phi) is 4.83. The van der Waals surface area contributed by atoms with Gasteiger partial charge in [0.05, 0.1) is 19.3 Å². The Labute approximate surface area is 144 Å². The average molecular weight is 329 g/mol. The fourth-order valence-electron chi connectivity index (χ4n) is 4.18. The number of benzene rings is 1. The summed E-state index contributed by atoms with van der Waals surface area (Å²) in [4.78, 5) is 17.4. The number of likely N-dealkylation sites (tertiary alicyclic amines) is 1. The Bertz CT molecular complexity index is 586. The number of morpholine rings is 1. The van der Waals surface area contributed by atoms with E-state index in [1.165, 1.54) is 11.1 Å². The van der Waals surface area contributed by atoms with Crippen molar-refractivity contribution in [3.8, 4) is 0 Å². The standard InChI is InChI=1S/C19H27N3O2/c23-19(18-11-16-3-1-2-4-17(16)12-20-18)22-6-5-15(14-22)13-21-7-9-24-10-8-21/h1-4,15,18,20H,5-14H2/t15-,18-/m0/s1. The lowest BCUT2D eigenvalue weighted by Crippen LogP contribution is -2.49. The van der Waals surface area contributed by atoms with Gasteiger partial charge in [0.25, 0.3) is 0 Å². The van der Waals surface area contributed by atoms with Gasteiger partial charge in [0.2, 0.25) is 5.91 Å². The van der Waals surface area contributed by atoms with Crippen LogP contribution in [0.4, 0.5) is 0 Å². The molecule has 0 radical (unpaired) electrons. The summed E-state index contributed by atoms with van der Waals surface area (Å²) in [5.41, 5.74) is 2.65. The number of nitrogens with one attached hydrogen (secondary N) is 1. The molecule has 5 nitrogen and oxygen atoms in total. The smallest absolute Gasteiger partial charge is 0.240 e. The molecule has 3 aliphatic heterocycles. The van der Waals surface area contributed by atoms with E-state index in [4.69, 9.17) is 4.74 Å². The monoisotopic (exact) mass is 329 g/mol. The van der Waals surface area contributed by atoms with Crippen molar-refractivity contribution in [2.24, 2.45) is 5.92 Å². The summed E-state index contributed by atoms with van der Waals surface area (Å²) in [5, 5.41) is 3.43. The molecule has 2 fully saturated rings. The highest BCUT2D eigenvalue weighted by Crippen LogP contribution is 2.22. The number of hydrogen-bond donors (Lipinski definition) is 1. The number of rotatable bonds is 3. The topological polar surface area (TPSA) is 44.8 Å². The predicted octanol–water partition coefficient (Wildman–Crippen LogP) is 0.882. The molecule has 0 spiro atoms. The molecule has 1 aromatic rings. The van der Waals surface area contributed by atoms with Gasteiger partial charge in [-0.15, -0.1) is 0 Å². The predicted molar refractivity (Wildman–Crippen MR) is 92.7 cm³/mol. The molecule has 5 heteroatoms. The lowest BCUT2D eigenvalue weighted by Gasteiger charge is -2.30. The molecule has 3 aliphatic rings. The lowest BCUT2D eigenvalue weighted by molar-refractivity contribution is -0.132. The zero-order valence-corrected chi connectivity index (χ0v) is 14.2. The van der Waals surface area contributed by atoms with Crippen LogP contribution >= 0.6 is 0 Å². The Hall–Kier alpha value is -1.43. The van der Waals surface area contributed by atoms with Gasteiger partial charge in [-0.25, -0.2) is 0 Å². The van der Waals surface area contributed by atoms with Crippen LogP contribution in [0.3, 0.4) is 0 Å². The Morgan fingerprint density at radius 3 is 2.79 bits per heavy atom. The first-order valence-electron chi connectivity index (χ1n) is 9.18. The van der Waals surface area contributed by atoms with Crippen molar-refractivity contribution >= 4 is 5.91 Å². The van der Waals surface area contributed by atoms with Gasteiger partial charge in [0.15, 0.2) is 0 Å². The number of ether oxygens (including phenoxy) is 1. The first kappa shape index (κ1) is 16.1. The van der Waals surface area contributed by atoms with Crippen LogP contribution in [0.5, 0.6) is 0 Å². The summed E-state index contributed by atoms with van der Waals surface area (Å²) in [6, 6.07) is 8.39. The fourth-order valence-corrected chi connectivity index (χ4v) is 4.18. The summed E-state index contributed by atoms with van der Waals surface area (Å²) in [5.74, 6) is 0.900. The molecule has 24 heavy (non-hydrogen) atoms. The molecular weight excluding hydrogens is 302 g/mol. The van der Waals surface area contributed by atoms with Crippen molar-refractivity contribution in [3.05, 3.63) is 35.4 Å². The highest BCUT2D eigenvalue weighted by atomic mass is 16.5. The van der Waals surface area contributed by atoms with Crippen molar-refractivity contribution in [1.82, 2.24) is 15.1 Å². The van der Waals surface area contributed by atoms with Crippen LogP contribution in [0.1, 0.15) is 17.5 Å². The van der Waals surface area contributed by atoms with Crippen molar-refractivity contribution in [2.75, 3.05) is 45.9 Å². The first-order chi connectivity index (χ1) is 11.8. The normalized spacial score (nSPS) is 27.9. The summed E-state index contributed by atoms with van der Waals surface area (Å²) >= 11 is 0. The zero-order chi connectivity index (χ0) is 16.4. The number of carbonyl (C=O) groups is 1. The van der Waals surface area contributed by atoms with Gasteiger partial charge in [0.1, 0.15) is 0 Å². The van der Waals surface area contributed by atoms with E-state index in [1.807, 2.05) is 0 Å². The summed E-state index contributed by atoms with van der Waals surface area (Å²) in [6.07, 6.45) is 1.95. The maximum atomic E-state index is 12.9. The molecule has 2 saturated heterocycles. The SMILES string of the molecule is O=C([C@@H]1Cc2ccccc2CN1)N1CC[C@@H](CN2CCOCC2)C1. The zero-order valence-electron chi connectivity index (χ0n) is 14.2. The number of nitrogens with zero attached hydrogens (tertiary/aromatic N) is 2. The number of carbonyl (C=O) groups excluding carboxylic acids is 1. The molecule has 0 bridgehead atoms. The third-order valence-electron chi connectivity index (χ3n) is 5.60. The fraction of sp³-hybridized carbons (Fsp3) is 0.632. The van der Waals surface area contributed by atoms with Crippen LogP contribution in [0.15, 0.2) is 24.3 Å². The molecule has 0 aromatic heterocycles. The lowest BCUT2D eigenvalue weighted by atomic mass is 9.95. The maximum absolute atomic E-state index is 12.9. The van der Waals surface area contributed by atoms with E-state index in [2.05, 4.69) is 39.4 Å². The molecule has 1 amide bonds. The van der Waals surface area contributed by atoms with Gasteiger partial charge in [-0.3, -0.25) is 9.69 Å². The van der Waals surface area contributed by atoms with Gasteiger partial charge >= 0.3 is 0 Å². The highest BCUT2D eigenvalue weighted by Gasteiger charge is 2.33. The number of amides is 1. The van der Waals surface area contributed by atoms with Gasteiger partial charge in [-0.2, -0.15) is 0 Å². The van der Waals surface area contributed by atoms with Crippen molar-refractivity contribution in [1.29, 1.82) is 0 Å². The Morgan fingerprint density at radius 1 is 1.17 bits per heavy atom. The van der Waals surface area contributed by atoms with Crippen molar-refractivity contribution < 1.29 is 9.53 Å². The van der Waals surface area contributed by atoms with Crippen LogP contribution in [-0.2, 0) is 22.5 Å². The van der Waals surface area contributed by atoms with Crippen LogP contribution in [-0.4, -0.2) is 67.7 Å². The van der Waals surface area contributed by atoms with E-state index < -0.39 is 0 Å². The summed E-state index contributed by atoms with van der Waals surface area (Å²) in [7, 11) is 0. The van der Waals surface area contributed by atoms with E-state index in [9.17, 15) is 4.79 Å². The summed E-state index contributed by atoms with van der Waals surface area (Å²) < 4.78 is 5.42.